The largest absolute Gasteiger partial charge is 0.458 e. The fourth-order valence-corrected chi connectivity index (χ4v) is 2.61. The van der Waals surface area contributed by atoms with E-state index in [0.717, 1.165) is 25.7 Å². The van der Waals surface area contributed by atoms with Gasteiger partial charge < -0.3 is 9.52 Å². The first-order valence-corrected chi connectivity index (χ1v) is 7.02. The van der Waals surface area contributed by atoms with E-state index in [2.05, 4.69) is 13.8 Å². The number of aliphatic hydroxyl groups excluding tert-OH is 1. The smallest absolute Gasteiger partial charge is 0.134 e. The zero-order valence-corrected chi connectivity index (χ0v) is 11.5. The van der Waals surface area contributed by atoms with Crippen LogP contribution >= 0.6 is 0 Å². The topological polar surface area (TPSA) is 33.4 Å². The van der Waals surface area contributed by atoms with E-state index < -0.39 is 6.10 Å². The van der Waals surface area contributed by atoms with E-state index >= 15 is 0 Å². The van der Waals surface area contributed by atoms with E-state index in [-0.39, 0.29) is 11.7 Å². The Morgan fingerprint density at radius 3 is 2.47 bits per heavy atom. The minimum absolute atomic E-state index is 0.209. The number of fused-ring (bicyclic) bond motifs is 1. The summed E-state index contributed by atoms with van der Waals surface area (Å²) in [4.78, 5) is 0. The third-order valence-electron chi connectivity index (χ3n) is 3.55. The molecule has 1 unspecified atom stereocenters. The van der Waals surface area contributed by atoms with E-state index in [9.17, 15) is 9.50 Å². The van der Waals surface area contributed by atoms with Crippen LogP contribution in [0.3, 0.4) is 0 Å². The number of furan rings is 1. The molecule has 0 saturated carbocycles. The highest BCUT2D eigenvalue weighted by atomic mass is 19.1. The van der Waals surface area contributed by atoms with Gasteiger partial charge in [-0.1, -0.05) is 26.7 Å². The van der Waals surface area contributed by atoms with Crippen molar-refractivity contribution in [1.29, 1.82) is 0 Å². The molecule has 1 atom stereocenters. The first-order valence-electron chi connectivity index (χ1n) is 7.02. The molecule has 1 heterocycles. The number of hydrogen-bond acceptors (Lipinski definition) is 2. The van der Waals surface area contributed by atoms with E-state index in [1.165, 1.54) is 12.1 Å². The lowest BCUT2D eigenvalue weighted by molar-refractivity contribution is 0.0770. The van der Waals surface area contributed by atoms with Gasteiger partial charge in [0.15, 0.2) is 0 Å². The van der Waals surface area contributed by atoms with Gasteiger partial charge in [0.1, 0.15) is 23.3 Å². The standard InChI is InChI=1S/C16H21FO2/c1-3-5-11(6-4-2)16(18)15-10-12-9-13(17)7-8-14(12)19-15/h7-11,16,18H,3-6H2,1-2H3. The first-order chi connectivity index (χ1) is 9.15. The van der Waals surface area contributed by atoms with Crippen molar-refractivity contribution in [2.24, 2.45) is 5.92 Å². The highest BCUT2D eigenvalue weighted by Crippen LogP contribution is 2.33. The van der Waals surface area contributed by atoms with Crippen molar-refractivity contribution in [3.05, 3.63) is 35.8 Å². The summed E-state index contributed by atoms with van der Waals surface area (Å²) in [6.07, 6.45) is 3.42. The van der Waals surface area contributed by atoms with Gasteiger partial charge in [-0.05, 0) is 43.0 Å². The Balaban J connectivity index is 2.26. The molecule has 0 amide bonds. The molecule has 0 aliphatic heterocycles. The van der Waals surface area contributed by atoms with Crippen LogP contribution in [-0.4, -0.2) is 5.11 Å². The minimum atomic E-state index is -0.602. The lowest BCUT2D eigenvalue weighted by atomic mass is 9.91. The van der Waals surface area contributed by atoms with Crippen LogP contribution in [0, 0.1) is 11.7 Å². The summed E-state index contributed by atoms with van der Waals surface area (Å²) in [5, 5.41) is 11.1. The Bertz CT molecular complexity index is 527. The second kappa shape index (κ2) is 6.20. The molecule has 1 aromatic carbocycles. The molecule has 2 rings (SSSR count). The monoisotopic (exact) mass is 264 g/mol. The van der Waals surface area contributed by atoms with Crippen LogP contribution in [0.2, 0.25) is 0 Å². The maximum absolute atomic E-state index is 13.1. The molecule has 0 fully saturated rings. The number of hydrogen-bond donors (Lipinski definition) is 1. The zero-order chi connectivity index (χ0) is 13.8. The first kappa shape index (κ1) is 14.1. The molecule has 0 spiro atoms. The fourth-order valence-electron chi connectivity index (χ4n) is 2.61. The maximum Gasteiger partial charge on any atom is 0.134 e. The molecule has 0 radical (unpaired) electrons. The van der Waals surface area contributed by atoms with Crippen LogP contribution in [-0.2, 0) is 0 Å². The summed E-state index contributed by atoms with van der Waals surface area (Å²) in [6.45, 7) is 4.23. The van der Waals surface area contributed by atoms with E-state index in [1.54, 1.807) is 12.1 Å². The van der Waals surface area contributed by atoms with Crippen LogP contribution in [0.4, 0.5) is 4.39 Å². The van der Waals surface area contributed by atoms with Crippen molar-refractivity contribution in [3.8, 4) is 0 Å². The van der Waals surface area contributed by atoms with Gasteiger partial charge in [0, 0.05) is 5.39 Å². The van der Waals surface area contributed by atoms with Crippen LogP contribution in [0.25, 0.3) is 11.0 Å². The van der Waals surface area contributed by atoms with Gasteiger partial charge in [0.2, 0.25) is 0 Å². The Kier molecular flexibility index (Phi) is 4.59. The van der Waals surface area contributed by atoms with Crippen LogP contribution in [0.5, 0.6) is 0 Å². The molecule has 104 valence electrons. The van der Waals surface area contributed by atoms with Crippen molar-refractivity contribution < 1.29 is 13.9 Å². The highest BCUT2D eigenvalue weighted by molar-refractivity contribution is 5.77. The molecular weight excluding hydrogens is 243 g/mol. The molecular formula is C16H21FO2. The SMILES string of the molecule is CCCC(CCC)C(O)c1cc2cc(F)ccc2o1. The molecule has 0 bridgehead atoms. The molecule has 0 aliphatic carbocycles. The zero-order valence-electron chi connectivity index (χ0n) is 11.5. The van der Waals surface area contributed by atoms with Crippen molar-refractivity contribution >= 4 is 11.0 Å². The third kappa shape index (κ3) is 3.16. The molecule has 0 saturated heterocycles. The lowest BCUT2D eigenvalue weighted by Crippen LogP contribution is -2.11. The van der Waals surface area contributed by atoms with Crippen LogP contribution in [0.15, 0.2) is 28.7 Å². The Morgan fingerprint density at radius 1 is 1.16 bits per heavy atom. The normalized spacial score (nSPS) is 13.3. The number of aliphatic hydroxyl groups is 1. The summed E-state index contributed by atoms with van der Waals surface area (Å²) in [5.41, 5.74) is 0.627. The second-order valence-electron chi connectivity index (χ2n) is 5.11. The van der Waals surface area contributed by atoms with Crippen LogP contribution < -0.4 is 0 Å². The molecule has 19 heavy (non-hydrogen) atoms. The lowest BCUT2D eigenvalue weighted by Gasteiger charge is -2.20. The molecule has 3 heteroatoms. The average Bonchev–Trinajstić information content (AvgIpc) is 2.80. The summed E-state index contributed by atoms with van der Waals surface area (Å²) >= 11 is 0. The summed E-state index contributed by atoms with van der Waals surface area (Å²) in [6, 6.07) is 6.16. The fraction of sp³-hybridized carbons (Fsp3) is 0.500. The van der Waals surface area contributed by atoms with E-state index in [1.807, 2.05) is 0 Å². The molecule has 1 N–H and O–H groups in total. The Labute approximate surface area is 113 Å². The number of rotatable bonds is 6. The maximum atomic E-state index is 13.1. The number of halogens is 1. The predicted octanol–water partition coefficient (Wildman–Crippen LogP) is 4.82. The summed E-state index contributed by atoms with van der Waals surface area (Å²) in [5.74, 6) is 0.473. The molecule has 2 nitrogen and oxygen atoms in total. The van der Waals surface area contributed by atoms with Gasteiger partial charge >= 0.3 is 0 Å². The predicted molar refractivity (Wildman–Crippen MR) is 74.4 cm³/mol. The summed E-state index contributed by atoms with van der Waals surface area (Å²) < 4.78 is 18.8. The van der Waals surface area contributed by atoms with Gasteiger partial charge in [-0.2, -0.15) is 0 Å². The van der Waals surface area contributed by atoms with Crippen molar-refractivity contribution in [2.45, 2.75) is 45.6 Å². The molecule has 2 aromatic rings. The Morgan fingerprint density at radius 2 is 1.84 bits per heavy atom. The van der Waals surface area contributed by atoms with Crippen molar-refractivity contribution in [3.63, 3.8) is 0 Å². The quantitative estimate of drug-likeness (QED) is 0.811. The van der Waals surface area contributed by atoms with Crippen molar-refractivity contribution in [1.82, 2.24) is 0 Å². The summed E-state index contributed by atoms with van der Waals surface area (Å²) in [7, 11) is 0. The third-order valence-corrected chi connectivity index (χ3v) is 3.55. The van der Waals surface area contributed by atoms with Gasteiger partial charge in [0.05, 0.1) is 0 Å². The second-order valence-corrected chi connectivity index (χ2v) is 5.11. The van der Waals surface area contributed by atoms with E-state index in [0.29, 0.717) is 16.7 Å². The van der Waals surface area contributed by atoms with Gasteiger partial charge in [-0.3, -0.25) is 0 Å². The molecule has 1 aromatic heterocycles. The van der Waals surface area contributed by atoms with Gasteiger partial charge in [-0.15, -0.1) is 0 Å². The average molecular weight is 264 g/mol. The minimum Gasteiger partial charge on any atom is -0.458 e. The van der Waals surface area contributed by atoms with Gasteiger partial charge in [-0.25, -0.2) is 4.39 Å². The number of benzene rings is 1. The van der Waals surface area contributed by atoms with Crippen molar-refractivity contribution in [2.75, 3.05) is 0 Å². The highest BCUT2D eigenvalue weighted by Gasteiger charge is 2.22. The van der Waals surface area contributed by atoms with Gasteiger partial charge in [0.25, 0.3) is 0 Å². The molecule has 0 aliphatic rings. The van der Waals surface area contributed by atoms with Crippen LogP contribution in [0.1, 0.15) is 51.4 Å². The van der Waals surface area contributed by atoms with E-state index in [4.69, 9.17) is 4.42 Å². The Hall–Kier alpha value is -1.35.